The van der Waals surface area contributed by atoms with Gasteiger partial charge in [0.15, 0.2) is 0 Å². The van der Waals surface area contributed by atoms with Gasteiger partial charge in [0, 0.05) is 43.9 Å². The molecule has 1 aromatic heterocycles. The number of nitrogens with zero attached hydrogens (tertiary/aromatic N) is 2. The van der Waals surface area contributed by atoms with Crippen molar-refractivity contribution in [1.82, 2.24) is 9.88 Å². The first-order chi connectivity index (χ1) is 8.33. The maximum absolute atomic E-state index is 11.5. The van der Waals surface area contributed by atoms with E-state index >= 15 is 0 Å². The summed E-state index contributed by atoms with van der Waals surface area (Å²) < 4.78 is 0. The fourth-order valence-electron chi connectivity index (χ4n) is 3.23. The summed E-state index contributed by atoms with van der Waals surface area (Å²) in [6.07, 6.45) is 8.77. The molecule has 2 bridgehead atoms. The molecule has 2 unspecified atom stereocenters. The third-order valence-corrected chi connectivity index (χ3v) is 4.11. The lowest BCUT2D eigenvalue weighted by atomic mass is 10.0. The van der Waals surface area contributed by atoms with Crippen molar-refractivity contribution in [3.63, 3.8) is 0 Å². The van der Waals surface area contributed by atoms with E-state index in [1.165, 1.54) is 18.4 Å². The predicted molar refractivity (Wildman–Crippen MR) is 65.7 cm³/mol. The smallest absolute Gasteiger partial charge is 0.136 e. The van der Waals surface area contributed by atoms with E-state index in [0.29, 0.717) is 17.9 Å². The number of piperidine rings is 1. The fraction of sp³-hybridized carbons (Fsp3) is 0.571. The Morgan fingerprint density at radius 1 is 1.18 bits per heavy atom. The Kier molecular flexibility index (Phi) is 2.93. The highest BCUT2D eigenvalue weighted by Gasteiger charge is 2.39. The van der Waals surface area contributed by atoms with Crippen LogP contribution in [0.4, 0.5) is 0 Å². The van der Waals surface area contributed by atoms with Gasteiger partial charge in [-0.15, -0.1) is 0 Å². The van der Waals surface area contributed by atoms with Crippen LogP contribution in [0.3, 0.4) is 0 Å². The van der Waals surface area contributed by atoms with E-state index in [9.17, 15) is 4.79 Å². The summed E-state index contributed by atoms with van der Waals surface area (Å²) in [5.74, 6) is 0.470. The third kappa shape index (κ3) is 2.25. The topological polar surface area (TPSA) is 33.2 Å². The van der Waals surface area contributed by atoms with Crippen molar-refractivity contribution < 1.29 is 4.79 Å². The van der Waals surface area contributed by atoms with Gasteiger partial charge in [-0.25, -0.2) is 0 Å². The van der Waals surface area contributed by atoms with Crippen molar-refractivity contribution in [2.75, 3.05) is 6.54 Å². The maximum atomic E-state index is 11.5. The molecule has 3 heterocycles. The molecule has 3 nitrogen and oxygen atoms in total. The zero-order valence-electron chi connectivity index (χ0n) is 10.0. The molecule has 0 radical (unpaired) electrons. The van der Waals surface area contributed by atoms with Crippen LogP contribution in [0.1, 0.15) is 31.2 Å². The van der Waals surface area contributed by atoms with Crippen molar-refractivity contribution in [2.24, 2.45) is 0 Å². The van der Waals surface area contributed by atoms with Crippen LogP contribution in [0.2, 0.25) is 0 Å². The van der Waals surface area contributed by atoms with Crippen LogP contribution >= 0.6 is 0 Å². The van der Waals surface area contributed by atoms with Crippen molar-refractivity contribution in [3.8, 4) is 0 Å². The Morgan fingerprint density at radius 2 is 1.82 bits per heavy atom. The van der Waals surface area contributed by atoms with Gasteiger partial charge in [-0.1, -0.05) is 0 Å². The van der Waals surface area contributed by atoms with Crippen LogP contribution in [0, 0.1) is 0 Å². The van der Waals surface area contributed by atoms with E-state index in [0.717, 1.165) is 25.8 Å². The molecule has 2 aliphatic heterocycles. The second-order valence-electron chi connectivity index (χ2n) is 5.18. The Balaban J connectivity index is 1.61. The minimum absolute atomic E-state index is 0.470. The quantitative estimate of drug-likeness (QED) is 0.794. The lowest BCUT2D eigenvalue weighted by Gasteiger charge is -2.33. The van der Waals surface area contributed by atoms with Gasteiger partial charge in [0.05, 0.1) is 0 Å². The SMILES string of the molecule is O=C1CC2CCC(C1)N2CCc1ccncc1. The minimum Gasteiger partial charge on any atom is -0.300 e. The highest BCUT2D eigenvalue weighted by Crippen LogP contribution is 2.33. The summed E-state index contributed by atoms with van der Waals surface area (Å²) >= 11 is 0. The lowest BCUT2D eigenvalue weighted by Crippen LogP contribution is -2.44. The summed E-state index contributed by atoms with van der Waals surface area (Å²) in [6, 6.07) is 5.22. The summed E-state index contributed by atoms with van der Waals surface area (Å²) in [4.78, 5) is 18.1. The number of hydrogen-bond donors (Lipinski definition) is 0. The van der Waals surface area contributed by atoms with Gasteiger partial charge in [-0.2, -0.15) is 0 Å². The Hall–Kier alpha value is -1.22. The fourth-order valence-corrected chi connectivity index (χ4v) is 3.23. The number of aromatic nitrogens is 1. The molecule has 2 saturated heterocycles. The molecular weight excluding hydrogens is 212 g/mol. The van der Waals surface area contributed by atoms with Gasteiger partial charge < -0.3 is 0 Å². The Bertz CT molecular complexity index is 388. The summed E-state index contributed by atoms with van der Waals surface area (Å²) in [6.45, 7) is 1.09. The number of rotatable bonds is 3. The van der Waals surface area contributed by atoms with Gasteiger partial charge >= 0.3 is 0 Å². The van der Waals surface area contributed by atoms with Crippen LogP contribution in [0.15, 0.2) is 24.5 Å². The zero-order valence-corrected chi connectivity index (χ0v) is 10.0. The molecule has 3 rings (SSSR count). The average molecular weight is 230 g/mol. The van der Waals surface area contributed by atoms with Gasteiger partial charge in [-0.05, 0) is 37.0 Å². The van der Waals surface area contributed by atoms with Gasteiger partial charge in [-0.3, -0.25) is 14.7 Å². The number of pyridine rings is 1. The van der Waals surface area contributed by atoms with Crippen LogP contribution in [-0.4, -0.2) is 34.3 Å². The summed E-state index contributed by atoms with van der Waals surface area (Å²) in [5.41, 5.74) is 1.34. The number of carbonyl (C=O) groups is 1. The maximum Gasteiger partial charge on any atom is 0.136 e. The molecule has 0 saturated carbocycles. The number of ketones is 1. The second kappa shape index (κ2) is 4.57. The molecule has 0 spiro atoms. The molecule has 0 amide bonds. The minimum atomic E-state index is 0.470. The van der Waals surface area contributed by atoms with Gasteiger partial charge in [0.25, 0.3) is 0 Å². The average Bonchev–Trinajstić information content (AvgIpc) is 2.59. The van der Waals surface area contributed by atoms with Crippen molar-refractivity contribution in [2.45, 2.75) is 44.2 Å². The number of hydrogen-bond acceptors (Lipinski definition) is 3. The monoisotopic (exact) mass is 230 g/mol. The van der Waals surface area contributed by atoms with Crippen molar-refractivity contribution in [1.29, 1.82) is 0 Å². The molecule has 1 aromatic rings. The van der Waals surface area contributed by atoms with Gasteiger partial charge in [0.1, 0.15) is 5.78 Å². The van der Waals surface area contributed by atoms with Crippen LogP contribution in [0.5, 0.6) is 0 Å². The standard InChI is InChI=1S/C14H18N2O/c17-14-9-12-1-2-13(10-14)16(12)8-5-11-3-6-15-7-4-11/h3-4,6-7,12-13H,1-2,5,8-10H2. The van der Waals surface area contributed by atoms with Crippen LogP contribution in [-0.2, 0) is 11.2 Å². The highest BCUT2D eigenvalue weighted by molar-refractivity contribution is 5.80. The van der Waals surface area contributed by atoms with Crippen molar-refractivity contribution >= 4 is 5.78 Å². The number of Topliss-reactive ketones (excluding diaryl/α,β-unsaturated/α-hetero) is 1. The number of fused-ring (bicyclic) bond motifs is 2. The van der Waals surface area contributed by atoms with E-state index in [1.54, 1.807) is 0 Å². The van der Waals surface area contributed by atoms with Crippen LogP contribution in [0.25, 0.3) is 0 Å². The van der Waals surface area contributed by atoms with E-state index in [2.05, 4.69) is 22.0 Å². The Morgan fingerprint density at radius 3 is 2.47 bits per heavy atom. The second-order valence-corrected chi connectivity index (χ2v) is 5.18. The summed E-state index contributed by atoms with van der Waals surface area (Å²) in [7, 11) is 0. The summed E-state index contributed by atoms with van der Waals surface area (Å²) in [5, 5.41) is 0. The first-order valence-electron chi connectivity index (χ1n) is 6.49. The molecule has 17 heavy (non-hydrogen) atoms. The molecule has 0 N–H and O–H groups in total. The van der Waals surface area contributed by atoms with Crippen molar-refractivity contribution in [3.05, 3.63) is 30.1 Å². The van der Waals surface area contributed by atoms with Crippen LogP contribution < -0.4 is 0 Å². The molecule has 0 aliphatic carbocycles. The van der Waals surface area contributed by atoms with Gasteiger partial charge in [0.2, 0.25) is 0 Å². The molecule has 2 aliphatic rings. The highest BCUT2D eigenvalue weighted by atomic mass is 16.1. The zero-order chi connectivity index (χ0) is 11.7. The molecular formula is C14H18N2O. The van der Waals surface area contributed by atoms with E-state index in [4.69, 9.17) is 0 Å². The molecule has 3 heteroatoms. The largest absolute Gasteiger partial charge is 0.300 e. The predicted octanol–water partition coefficient (Wildman–Crippen LogP) is 1.82. The molecule has 0 aromatic carbocycles. The third-order valence-electron chi connectivity index (χ3n) is 4.11. The molecule has 2 atom stereocenters. The number of carbonyl (C=O) groups excluding carboxylic acids is 1. The van der Waals surface area contributed by atoms with E-state index < -0.39 is 0 Å². The normalized spacial score (nSPS) is 28.6. The Labute approximate surface area is 102 Å². The first-order valence-corrected chi connectivity index (χ1v) is 6.49. The molecule has 2 fully saturated rings. The lowest BCUT2D eigenvalue weighted by molar-refractivity contribution is -0.123. The van der Waals surface area contributed by atoms with E-state index in [-0.39, 0.29) is 0 Å². The molecule has 90 valence electrons. The van der Waals surface area contributed by atoms with E-state index in [1.807, 2.05) is 12.4 Å². The first kappa shape index (κ1) is 10.9.